The van der Waals surface area contributed by atoms with Crippen molar-refractivity contribution in [2.45, 2.75) is 19.5 Å². The summed E-state index contributed by atoms with van der Waals surface area (Å²) in [4.78, 5) is 4.94. The Kier molecular flexibility index (Phi) is 4.02. The topological polar surface area (TPSA) is 18.5 Å². The molecule has 94 valence electrons. The summed E-state index contributed by atoms with van der Waals surface area (Å²) < 4.78 is 0. The minimum absolute atomic E-state index is 0.590. The average Bonchev–Trinajstić information content (AvgIpc) is 2.31. The number of piperazine rings is 1. The first kappa shape index (κ1) is 12.4. The van der Waals surface area contributed by atoms with Crippen LogP contribution in [0.25, 0.3) is 0 Å². The lowest BCUT2D eigenvalue weighted by Gasteiger charge is -2.40. The van der Waals surface area contributed by atoms with E-state index in [1.165, 1.54) is 11.3 Å². The highest BCUT2D eigenvalue weighted by atomic mass is 15.3. The second kappa shape index (κ2) is 5.52. The molecule has 1 aromatic rings. The van der Waals surface area contributed by atoms with E-state index < -0.39 is 0 Å². The lowest BCUT2D eigenvalue weighted by Crippen LogP contribution is -2.50. The number of hydrogen-bond donors (Lipinski definition) is 1. The van der Waals surface area contributed by atoms with Gasteiger partial charge in [-0.2, -0.15) is 0 Å². The van der Waals surface area contributed by atoms with Crippen molar-refractivity contribution in [1.82, 2.24) is 10.2 Å². The molecule has 1 N–H and O–H groups in total. The van der Waals surface area contributed by atoms with Crippen LogP contribution in [0, 0.1) is 0 Å². The van der Waals surface area contributed by atoms with Gasteiger partial charge in [0.05, 0.1) is 0 Å². The van der Waals surface area contributed by atoms with E-state index >= 15 is 0 Å². The maximum absolute atomic E-state index is 3.25. The van der Waals surface area contributed by atoms with Crippen LogP contribution in [0.1, 0.15) is 12.5 Å². The highest BCUT2D eigenvalue weighted by molar-refractivity contribution is 5.54. The zero-order valence-electron chi connectivity index (χ0n) is 11.1. The van der Waals surface area contributed by atoms with Gasteiger partial charge >= 0.3 is 0 Å². The predicted molar refractivity (Wildman–Crippen MR) is 73.5 cm³/mol. The summed E-state index contributed by atoms with van der Waals surface area (Å²) >= 11 is 0. The molecular weight excluding hydrogens is 210 g/mol. The number of likely N-dealkylation sites (N-methyl/N-ethyl adjacent to an activating group) is 1. The number of benzene rings is 1. The first-order valence-corrected chi connectivity index (χ1v) is 6.40. The number of anilines is 1. The Bertz CT molecular complexity index is 364. The van der Waals surface area contributed by atoms with E-state index in [9.17, 15) is 0 Å². The monoisotopic (exact) mass is 233 g/mol. The summed E-state index contributed by atoms with van der Waals surface area (Å²) in [5.41, 5.74) is 2.79. The Hall–Kier alpha value is -1.06. The van der Waals surface area contributed by atoms with E-state index in [0.717, 1.165) is 26.2 Å². The van der Waals surface area contributed by atoms with E-state index in [0.29, 0.717) is 6.04 Å². The number of hydrogen-bond acceptors (Lipinski definition) is 3. The highest BCUT2D eigenvalue weighted by Crippen LogP contribution is 2.24. The van der Waals surface area contributed by atoms with Crippen LogP contribution in [0.2, 0.25) is 0 Å². The largest absolute Gasteiger partial charge is 0.366 e. The van der Waals surface area contributed by atoms with Crippen LogP contribution in [-0.4, -0.2) is 44.7 Å². The number of rotatable bonds is 3. The molecule has 1 aliphatic rings. The summed E-state index contributed by atoms with van der Waals surface area (Å²) in [6.45, 7) is 6.67. The van der Waals surface area contributed by atoms with Crippen molar-refractivity contribution >= 4 is 5.69 Å². The van der Waals surface area contributed by atoms with Crippen LogP contribution in [0.3, 0.4) is 0 Å². The quantitative estimate of drug-likeness (QED) is 0.854. The van der Waals surface area contributed by atoms with Gasteiger partial charge in [0.2, 0.25) is 0 Å². The van der Waals surface area contributed by atoms with Crippen LogP contribution in [0.15, 0.2) is 24.3 Å². The van der Waals surface area contributed by atoms with Crippen molar-refractivity contribution < 1.29 is 0 Å². The lowest BCUT2D eigenvalue weighted by molar-refractivity contribution is 0.275. The molecule has 1 fully saturated rings. The van der Waals surface area contributed by atoms with Crippen LogP contribution in [0.4, 0.5) is 5.69 Å². The van der Waals surface area contributed by atoms with Crippen molar-refractivity contribution in [3.05, 3.63) is 29.8 Å². The molecule has 0 spiro atoms. The molecular formula is C14H23N3. The molecule has 0 aliphatic carbocycles. The van der Waals surface area contributed by atoms with Crippen LogP contribution < -0.4 is 10.2 Å². The van der Waals surface area contributed by atoms with Gasteiger partial charge in [0.15, 0.2) is 0 Å². The van der Waals surface area contributed by atoms with Crippen LogP contribution in [-0.2, 0) is 6.54 Å². The standard InChI is InChI=1S/C14H23N3/c1-12-11-16(3)8-9-17(12)14-7-5-4-6-13(14)10-15-2/h4-7,12,15H,8-11H2,1-3H3. The van der Waals surface area contributed by atoms with Gasteiger partial charge in [0, 0.05) is 37.9 Å². The Morgan fingerprint density at radius 2 is 2.06 bits per heavy atom. The molecule has 1 atom stereocenters. The van der Waals surface area contributed by atoms with Gasteiger partial charge in [0.25, 0.3) is 0 Å². The molecule has 17 heavy (non-hydrogen) atoms. The molecule has 3 heteroatoms. The van der Waals surface area contributed by atoms with Crippen molar-refractivity contribution in [2.75, 3.05) is 38.6 Å². The van der Waals surface area contributed by atoms with Gasteiger partial charge in [-0.3, -0.25) is 0 Å². The normalized spacial score (nSPS) is 21.8. The minimum Gasteiger partial charge on any atom is -0.366 e. The predicted octanol–water partition coefficient (Wildman–Crippen LogP) is 1.55. The fourth-order valence-electron chi connectivity index (χ4n) is 2.63. The number of nitrogens with one attached hydrogen (secondary N) is 1. The van der Waals surface area contributed by atoms with E-state index in [4.69, 9.17) is 0 Å². The molecule has 3 nitrogen and oxygen atoms in total. The third-order valence-electron chi connectivity index (χ3n) is 3.50. The molecule has 0 aromatic heterocycles. The fraction of sp³-hybridized carbons (Fsp3) is 0.571. The number of para-hydroxylation sites is 1. The molecule has 0 amide bonds. The Morgan fingerprint density at radius 1 is 1.29 bits per heavy atom. The molecule has 1 aliphatic heterocycles. The molecule has 0 saturated carbocycles. The SMILES string of the molecule is CNCc1ccccc1N1CCN(C)CC1C. The Morgan fingerprint density at radius 3 is 2.76 bits per heavy atom. The molecule has 1 saturated heterocycles. The second-order valence-corrected chi connectivity index (χ2v) is 4.96. The zero-order valence-corrected chi connectivity index (χ0v) is 11.1. The van der Waals surface area contributed by atoms with E-state index in [1.54, 1.807) is 0 Å². The summed E-state index contributed by atoms with van der Waals surface area (Å²) in [6, 6.07) is 9.31. The summed E-state index contributed by atoms with van der Waals surface area (Å²) in [5, 5.41) is 3.25. The third-order valence-corrected chi connectivity index (χ3v) is 3.50. The number of nitrogens with zero attached hydrogens (tertiary/aromatic N) is 2. The van der Waals surface area contributed by atoms with E-state index in [2.05, 4.69) is 53.4 Å². The van der Waals surface area contributed by atoms with Crippen molar-refractivity contribution in [3.63, 3.8) is 0 Å². The summed E-state index contributed by atoms with van der Waals surface area (Å²) in [7, 11) is 4.21. The molecule has 1 heterocycles. The van der Waals surface area contributed by atoms with Gasteiger partial charge in [-0.15, -0.1) is 0 Å². The smallest absolute Gasteiger partial charge is 0.0415 e. The summed E-state index contributed by atoms with van der Waals surface area (Å²) in [6.07, 6.45) is 0. The lowest BCUT2D eigenvalue weighted by atomic mass is 10.1. The second-order valence-electron chi connectivity index (χ2n) is 4.96. The maximum atomic E-state index is 3.25. The van der Waals surface area contributed by atoms with E-state index in [-0.39, 0.29) is 0 Å². The maximum Gasteiger partial charge on any atom is 0.0415 e. The first-order valence-electron chi connectivity index (χ1n) is 6.40. The molecule has 2 rings (SSSR count). The fourth-order valence-corrected chi connectivity index (χ4v) is 2.63. The van der Waals surface area contributed by atoms with Gasteiger partial charge in [-0.05, 0) is 32.6 Å². The van der Waals surface area contributed by atoms with E-state index in [1.807, 2.05) is 7.05 Å². The minimum atomic E-state index is 0.590. The molecule has 0 bridgehead atoms. The highest BCUT2D eigenvalue weighted by Gasteiger charge is 2.22. The van der Waals surface area contributed by atoms with Crippen LogP contribution in [0.5, 0.6) is 0 Å². The zero-order chi connectivity index (χ0) is 12.3. The summed E-state index contributed by atoms with van der Waals surface area (Å²) in [5.74, 6) is 0. The molecule has 0 radical (unpaired) electrons. The Balaban J connectivity index is 2.21. The average molecular weight is 233 g/mol. The van der Waals surface area contributed by atoms with Gasteiger partial charge in [0.1, 0.15) is 0 Å². The molecule has 1 aromatic carbocycles. The Labute approximate surface area is 104 Å². The van der Waals surface area contributed by atoms with Crippen LogP contribution >= 0.6 is 0 Å². The van der Waals surface area contributed by atoms with Crippen molar-refractivity contribution in [2.24, 2.45) is 0 Å². The van der Waals surface area contributed by atoms with Crippen molar-refractivity contribution in [1.29, 1.82) is 0 Å². The van der Waals surface area contributed by atoms with Crippen molar-refractivity contribution in [3.8, 4) is 0 Å². The molecule has 1 unspecified atom stereocenters. The third kappa shape index (κ3) is 2.79. The van der Waals surface area contributed by atoms with Gasteiger partial charge < -0.3 is 15.1 Å². The van der Waals surface area contributed by atoms with Gasteiger partial charge in [-0.1, -0.05) is 18.2 Å². The van der Waals surface area contributed by atoms with Gasteiger partial charge in [-0.25, -0.2) is 0 Å². The first-order chi connectivity index (χ1) is 8.22.